The molecule has 0 aliphatic heterocycles. The standard InChI is InChI=1S/C20H29ClN2O4/c1-20(2,3)27-19(26)23-16-9-7-15(8-10-16)22-17(18(24)25)12-13-5-4-6-14(21)11-13/h4-6,11,15-17,22H,7-10,12H2,1-3H3,(H,23,26)(H,24,25)/t15?,16?,17-/m1/s1. The molecule has 7 heteroatoms. The van der Waals surface area contributed by atoms with E-state index in [1.807, 2.05) is 32.9 Å². The zero-order valence-electron chi connectivity index (χ0n) is 16.1. The number of halogens is 1. The molecule has 1 atom stereocenters. The van der Waals surface area contributed by atoms with Crippen LogP contribution in [-0.2, 0) is 16.0 Å². The highest BCUT2D eigenvalue weighted by Gasteiger charge is 2.28. The molecule has 0 radical (unpaired) electrons. The van der Waals surface area contributed by atoms with Gasteiger partial charge in [-0.05, 0) is 70.6 Å². The molecule has 0 unspecified atom stereocenters. The summed E-state index contributed by atoms with van der Waals surface area (Å²) in [6.45, 7) is 5.50. The number of carbonyl (C=O) groups is 2. The van der Waals surface area contributed by atoms with Crippen molar-refractivity contribution in [2.24, 2.45) is 0 Å². The van der Waals surface area contributed by atoms with Gasteiger partial charge in [0.2, 0.25) is 0 Å². The van der Waals surface area contributed by atoms with Crippen LogP contribution in [-0.4, -0.2) is 40.9 Å². The van der Waals surface area contributed by atoms with Crippen molar-refractivity contribution >= 4 is 23.7 Å². The summed E-state index contributed by atoms with van der Waals surface area (Å²) in [4.78, 5) is 23.5. The molecule has 27 heavy (non-hydrogen) atoms. The predicted molar refractivity (Wildman–Crippen MR) is 105 cm³/mol. The van der Waals surface area contributed by atoms with E-state index in [4.69, 9.17) is 16.3 Å². The van der Waals surface area contributed by atoms with Crippen molar-refractivity contribution in [2.75, 3.05) is 0 Å². The highest BCUT2D eigenvalue weighted by Crippen LogP contribution is 2.21. The minimum Gasteiger partial charge on any atom is -0.480 e. The molecule has 1 aliphatic rings. The van der Waals surface area contributed by atoms with Gasteiger partial charge in [-0.1, -0.05) is 23.7 Å². The summed E-state index contributed by atoms with van der Waals surface area (Å²) >= 11 is 5.98. The van der Waals surface area contributed by atoms with Gasteiger partial charge in [-0.15, -0.1) is 0 Å². The molecule has 6 nitrogen and oxygen atoms in total. The van der Waals surface area contributed by atoms with Gasteiger partial charge in [0.1, 0.15) is 11.6 Å². The third kappa shape index (κ3) is 7.77. The molecular formula is C20H29ClN2O4. The molecule has 150 valence electrons. The fourth-order valence-corrected chi connectivity index (χ4v) is 3.49. The molecule has 0 spiro atoms. The predicted octanol–water partition coefficient (Wildman–Crippen LogP) is 3.76. The first-order valence-corrected chi connectivity index (χ1v) is 9.73. The van der Waals surface area contributed by atoms with Gasteiger partial charge in [-0.3, -0.25) is 4.79 Å². The van der Waals surface area contributed by atoms with Crippen molar-refractivity contribution in [3.05, 3.63) is 34.9 Å². The number of alkyl carbamates (subject to hydrolysis) is 1. The van der Waals surface area contributed by atoms with Crippen LogP contribution < -0.4 is 10.6 Å². The number of aliphatic carboxylic acids is 1. The SMILES string of the molecule is CC(C)(C)OC(=O)NC1CCC(N[C@H](Cc2cccc(Cl)c2)C(=O)O)CC1. The fraction of sp³-hybridized carbons (Fsp3) is 0.600. The zero-order valence-corrected chi connectivity index (χ0v) is 16.9. The van der Waals surface area contributed by atoms with Crippen molar-refractivity contribution in [1.29, 1.82) is 0 Å². The number of rotatable bonds is 6. The second-order valence-electron chi connectivity index (χ2n) is 8.09. The minimum absolute atomic E-state index is 0.0640. The van der Waals surface area contributed by atoms with Crippen molar-refractivity contribution in [3.63, 3.8) is 0 Å². The monoisotopic (exact) mass is 396 g/mol. The molecule has 0 aromatic heterocycles. The van der Waals surface area contributed by atoms with Crippen molar-refractivity contribution < 1.29 is 19.4 Å². The molecule has 0 bridgehead atoms. The average Bonchev–Trinajstić information content (AvgIpc) is 2.54. The second kappa shape index (κ2) is 9.42. The maximum absolute atomic E-state index is 11.9. The number of hydrogen-bond donors (Lipinski definition) is 3. The van der Waals surface area contributed by atoms with E-state index in [1.54, 1.807) is 12.1 Å². The van der Waals surface area contributed by atoms with Gasteiger partial charge in [-0.2, -0.15) is 0 Å². The van der Waals surface area contributed by atoms with Gasteiger partial charge in [-0.25, -0.2) is 4.79 Å². The third-order valence-electron chi connectivity index (χ3n) is 4.51. The summed E-state index contributed by atoms with van der Waals surface area (Å²) in [6, 6.07) is 6.78. The molecular weight excluding hydrogens is 368 g/mol. The Kier molecular flexibility index (Phi) is 7.50. The number of amides is 1. The Morgan fingerprint density at radius 2 is 1.85 bits per heavy atom. The lowest BCUT2D eigenvalue weighted by Gasteiger charge is -2.32. The molecule has 1 aliphatic carbocycles. The molecule has 1 amide bonds. The molecule has 1 saturated carbocycles. The highest BCUT2D eigenvalue weighted by atomic mass is 35.5. The highest BCUT2D eigenvalue weighted by molar-refractivity contribution is 6.30. The molecule has 1 aromatic rings. The van der Waals surface area contributed by atoms with Crippen LogP contribution in [0.3, 0.4) is 0 Å². The van der Waals surface area contributed by atoms with Crippen LogP contribution >= 0.6 is 11.6 Å². The van der Waals surface area contributed by atoms with Crippen LogP contribution in [0, 0.1) is 0 Å². The van der Waals surface area contributed by atoms with Gasteiger partial charge >= 0.3 is 12.1 Å². The first-order chi connectivity index (χ1) is 12.6. The number of hydrogen-bond acceptors (Lipinski definition) is 4. The van der Waals surface area contributed by atoms with E-state index < -0.39 is 23.7 Å². The lowest BCUT2D eigenvalue weighted by atomic mass is 9.90. The Morgan fingerprint density at radius 3 is 2.41 bits per heavy atom. The molecule has 3 N–H and O–H groups in total. The van der Waals surface area contributed by atoms with Gasteiger partial charge in [0, 0.05) is 17.1 Å². The number of carboxylic acids is 1. The Bertz CT molecular complexity index is 652. The van der Waals surface area contributed by atoms with Crippen LogP contribution in [0.1, 0.15) is 52.0 Å². The van der Waals surface area contributed by atoms with Crippen LogP contribution in [0.4, 0.5) is 4.79 Å². The van der Waals surface area contributed by atoms with Crippen LogP contribution in [0.25, 0.3) is 0 Å². The zero-order chi connectivity index (χ0) is 20.0. The maximum Gasteiger partial charge on any atom is 0.407 e. The van der Waals surface area contributed by atoms with Crippen LogP contribution in [0.15, 0.2) is 24.3 Å². The molecule has 1 fully saturated rings. The summed E-state index contributed by atoms with van der Waals surface area (Å²) in [7, 11) is 0. The van der Waals surface area contributed by atoms with E-state index >= 15 is 0 Å². The quantitative estimate of drug-likeness (QED) is 0.681. The molecule has 2 rings (SSSR count). The van der Waals surface area contributed by atoms with E-state index in [9.17, 15) is 14.7 Å². The molecule has 0 heterocycles. The topological polar surface area (TPSA) is 87.7 Å². The Morgan fingerprint density at radius 1 is 1.22 bits per heavy atom. The third-order valence-corrected chi connectivity index (χ3v) is 4.75. The Balaban J connectivity index is 1.82. The summed E-state index contributed by atoms with van der Waals surface area (Å²) in [5.41, 5.74) is 0.375. The number of ether oxygens (including phenoxy) is 1. The van der Waals surface area contributed by atoms with Gasteiger partial charge in [0.25, 0.3) is 0 Å². The summed E-state index contributed by atoms with van der Waals surface area (Å²) in [6.07, 6.45) is 3.18. The lowest BCUT2D eigenvalue weighted by Crippen LogP contribution is -2.48. The smallest absolute Gasteiger partial charge is 0.407 e. The van der Waals surface area contributed by atoms with Crippen LogP contribution in [0.2, 0.25) is 5.02 Å². The maximum atomic E-state index is 11.9. The first kappa shape index (κ1) is 21.5. The summed E-state index contributed by atoms with van der Waals surface area (Å²) in [5, 5.41) is 16.3. The first-order valence-electron chi connectivity index (χ1n) is 9.35. The van der Waals surface area contributed by atoms with E-state index in [0.29, 0.717) is 11.4 Å². The van der Waals surface area contributed by atoms with E-state index in [2.05, 4.69) is 10.6 Å². The average molecular weight is 397 g/mol. The van der Waals surface area contributed by atoms with Crippen molar-refractivity contribution in [2.45, 2.75) is 76.6 Å². The minimum atomic E-state index is -0.871. The second-order valence-corrected chi connectivity index (χ2v) is 8.52. The van der Waals surface area contributed by atoms with Crippen LogP contribution in [0.5, 0.6) is 0 Å². The fourth-order valence-electron chi connectivity index (χ4n) is 3.28. The van der Waals surface area contributed by atoms with Crippen molar-refractivity contribution in [3.8, 4) is 0 Å². The Labute approximate surface area is 165 Å². The summed E-state index contributed by atoms with van der Waals surface area (Å²) < 4.78 is 5.29. The number of carbonyl (C=O) groups excluding carboxylic acids is 1. The van der Waals surface area contributed by atoms with Gasteiger partial charge in [0.15, 0.2) is 0 Å². The normalized spacial score (nSPS) is 21.3. The Hall–Kier alpha value is -1.79. The van der Waals surface area contributed by atoms with E-state index in [1.165, 1.54) is 0 Å². The van der Waals surface area contributed by atoms with Gasteiger partial charge < -0.3 is 20.5 Å². The van der Waals surface area contributed by atoms with Crippen molar-refractivity contribution in [1.82, 2.24) is 10.6 Å². The van der Waals surface area contributed by atoms with E-state index in [-0.39, 0.29) is 12.1 Å². The number of nitrogens with one attached hydrogen (secondary N) is 2. The van der Waals surface area contributed by atoms with Gasteiger partial charge in [0.05, 0.1) is 0 Å². The summed E-state index contributed by atoms with van der Waals surface area (Å²) in [5.74, 6) is -0.871. The van der Waals surface area contributed by atoms with E-state index in [0.717, 1.165) is 31.2 Å². The molecule has 0 saturated heterocycles. The number of benzene rings is 1. The molecule has 1 aromatic carbocycles. The largest absolute Gasteiger partial charge is 0.480 e. The number of carboxylic acid groups (broad SMARTS) is 1. The lowest BCUT2D eigenvalue weighted by molar-refractivity contribution is -0.139.